The molecule has 1 aromatic heterocycles. The SMILES string of the molecule is COc1ccc(OC)c(CN2CCN(C(=O)c3coc(CN)c3)CC2)c1.Cl.Cl. The zero-order chi connectivity index (χ0) is 18.5. The highest BCUT2D eigenvalue weighted by Gasteiger charge is 2.24. The Morgan fingerprint density at radius 3 is 2.39 bits per heavy atom. The summed E-state index contributed by atoms with van der Waals surface area (Å²) in [6.07, 6.45) is 1.48. The smallest absolute Gasteiger partial charge is 0.257 e. The van der Waals surface area contributed by atoms with E-state index in [9.17, 15) is 4.79 Å². The van der Waals surface area contributed by atoms with Crippen LogP contribution < -0.4 is 15.2 Å². The number of furan rings is 1. The number of hydrogen-bond donors (Lipinski definition) is 1. The highest BCUT2D eigenvalue weighted by Crippen LogP contribution is 2.25. The monoisotopic (exact) mass is 431 g/mol. The fourth-order valence-electron chi connectivity index (χ4n) is 3.14. The van der Waals surface area contributed by atoms with Gasteiger partial charge in [0.1, 0.15) is 23.5 Å². The molecule has 2 heterocycles. The van der Waals surface area contributed by atoms with Crippen LogP contribution in [-0.2, 0) is 13.1 Å². The topological polar surface area (TPSA) is 81.2 Å². The Balaban J connectivity index is 0.00000196. The first-order valence-corrected chi connectivity index (χ1v) is 8.64. The molecule has 0 spiro atoms. The average Bonchev–Trinajstić information content (AvgIpc) is 3.17. The van der Waals surface area contributed by atoms with Gasteiger partial charge in [-0.2, -0.15) is 0 Å². The number of nitrogens with two attached hydrogens (primary N) is 1. The van der Waals surface area contributed by atoms with Gasteiger partial charge in [0.2, 0.25) is 0 Å². The third-order valence-electron chi connectivity index (χ3n) is 4.64. The molecule has 0 saturated carbocycles. The van der Waals surface area contributed by atoms with Crippen molar-refractivity contribution in [3.63, 3.8) is 0 Å². The van der Waals surface area contributed by atoms with Gasteiger partial charge in [-0.1, -0.05) is 0 Å². The number of benzene rings is 1. The molecule has 1 saturated heterocycles. The van der Waals surface area contributed by atoms with Crippen molar-refractivity contribution in [3.8, 4) is 11.5 Å². The number of carbonyl (C=O) groups is 1. The molecule has 3 rings (SSSR count). The molecule has 1 fully saturated rings. The molecule has 156 valence electrons. The summed E-state index contributed by atoms with van der Waals surface area (Å²) in [4.78, 5) is 16.7. The second-order valence-corrected chi connectivity index (χ2v) is 6.25. The van der Waals surface area contributed by atoms with E-state index in [4.69, 9.17) is 19.6 Å². The van der Waals surface area contributed by atoms with E-state index in [1.807, 2.05) is 23.1 Å². The van der Waals surface area contributed by atoms with Crippen LogP contribution >= 0.6 is 24.8 Å². The maximum Gasteiger partial charge on any atom is 0.257 e. The van der Waals surface area contributed by atoms with Crippen LogP contribution in [0.3, 0.4) is 0 Å². The zero-order valence-electron chi connectivity index (χ0n) is 16.1. The molecule has 2 N–H and O–H groups in total. The van der Waals surface area contributed by atoms with Crippen molar-refractivity contribution in [2.75, 3.05) is 40.4 Å². The molecule has 7 nitrogen and oxygen atoms in total. The molecule has 2 aromatic rings. The lowest BCUT2D eigenvalue weighted by Crippen LogP contribution is -2.48. The van der Waals surface area contributed by atoms with Gasteiger partial charge in [-0.3, -0.25) is 9.69 Å². The lowest BCUT2D eigenvalue weighted by Gasteiger charge is -2.34. The lowest BCUT2D eigenvalue weighted by molar-refractivity contribution is 0.0626. The minimum Gasteiger partial charge on any atom is -0.497 e. The van der Waals surface area contributed by atoms with Gasteiger partial charge >= 0.3 is 0 Å². The second-order valence-electron chi connectivity index (χ2n) is 6.25. The Kier molecular flexibility index (Phi) is 9.61. The van der Waals surface area contributed by atoms with Gasteiger partial charge in [0.05, 0.1) is 26.3 Å². The van der Waals surface area contributed by atoms with Crippen LogP contribution in [0, 0.1) is 0 Å². The molecular weight excluding hydrogens is 405 g/mol. The van der Waals surface area contributed by atoms with Crippen LogP contribution in [0.1, 0.15) is 21.7 Å². The van der Waals surface area contributed by atoms with Crippen molar-refractivity contribution in [1.82, 2.24) is 9.80 Å². The molecule has 9 heteroatoms. The first kappa shape index (κ1) is 24.1. The number of methoxy groups -OCH3 is 2. The Morgan fingerprint density at radius 1 is 1.11 bits per heavy atom. The summed E-state index contributed by atoms with van der Waals surface area (Å²) in [5.74, 6) is 2.27. The quantitative estimate of drug-likeness (QED) is 0.756. The summed E-state index contributed by atoms with van der Waals surface area (Å²) in [7, 11) is 3.32. The molecule has 1 aliphatic rings. The molecule has 1 amide bonds. The van der Waals surface area contributed by atoms with Crippen LogP contribution in [0.2, 0.25) is 0 Å². The molecule has 0 bridgehead atoms. The standard InChI is InChI=1S/C19H25N3O4.2ClH/c1-24-16-3-4-18(25-2)14(9-16)12-21-5-7-22(8-6-21)19(23)15-10-17(11-20)26-13-15;;/h3-4,9-10,13H,5-8,11-12,20H2,1-2H3;2*1H. The van der Waals surface area contributed by atoms with Crippen molar-refractivity contribution < 1.29 is 18.7 Å². The summed E-state index contributed by atoms with van der Waals surface area (Å²) in [5.41, 5.74) is 7.17. The Morgan fingerprint density at radius 2 is 1.82 bits per heavy atom. The van der Waals surface area contributed by atoms with Gasteiger partial charge in [-0.25, -0.2) is 0 Å². The maximum absolute atomic E-state index is 12.5. The van der Waals surface area contributed by atoms with E-state index < -0.39 is 0 Å². The van der Waals surface area contributed by atoms with Crippen LogP contribution in [0.25, 0.3) is 0 Å². The normalized spacial score (nSPS) is 14.0. The first-order chi connectivity index (χ1) is 12.6. The van der Waals surface area contributed by atoms with E-state index in [2.05, 4.69) is 4.90 Å². The van der Waals surface area contributed by atoms with E-state index in [0.717, 1.165) is 36.7 Å². The van der Waals surface area contributed by atoms with Crippen molar-refractivity contribution >= 4 is 30.7 Å². The lowest BCUT2D eigenvalue weighted by atomic mass is 10.1. The predicted octanol–water partition coefficient (Wildman–Crippen LogP) is 2.56. The minimum atomic E-state index is -0.00735. The third-order valence-corrected chi connectivity index (χ3v) is 4.64. The fraction of sp³-hybridized carbons (Fsp3) is 0.421. The first-order valence-electron chi connectivity index (χ1n) is 8.64. The molecule has 1 aromatic carbocycles. The number of piperazine rings is 1. The van der Waals surface area contributed by atoms with Crippen LogP contribution in [0.4, 0.5) is 0 Å². The molecule has 0 atom stereocenters. The Hall–Kier alpha value is -1.93. The third kappa shape index (κ3) is 5.54. The zero-order valence-corrected chi connectivity index (χ0v) is 17.7. The number of rotatable bonds is 6. The van der Waals surface area contributed by atoms with Gasteiger partial charge < -0.3 is 24.5 Å². The van der Waals surface area contributed by atoms with E-state index in [1.165, 1.54) is 6.26 Å². The summed E-state index contributed by atoms with van der Waals surface area (Å²) in [6, 6.07) is 7.52. The van der Waals surface area contributed by atoms with Crippen LogP contribution in [-0.4, -0.2) is 56.1 Å². The number of halogens is 2. The molecule has 1 aliphatic heterocycles. The number of hydrogen-bond acceptors (Lipinski definition) is 6. The van der Waals surface area contributed by atoms with Crippen LogP contribution in [0.5, 0.6) is 11.5 Å². The number of ether oxygens (including phenoxy) is 2. The van der Waals surface area contributed by atoms with Crippen molar-refractivity contribution in [3.05, 3.63) is 47.4 Å². The van der Waals surface area contributed by atoms with Crippen molar-refractivity contribution in [2.24, 2.45) is 5.73 Å². The Labute approximate surface area is 177 Å². The van der Waals surface area contributed by atoms with E-state index in [-0.39, 0.29) is 30.7 Å². The van der Waals surface area contributed by atoms with Gasteiger partial charge in [0, 0.05) is 38.3 Å². The highest BCUT2D eigenvalue weighted by atomic mass is 35.5. The fourth-order valence-corrected chi connectivity index (χ4v) is 3.14. The number of carbonyl (C=O) groups excluding carboxylic acids is 1. The van der Waals surface area contributed by atoms with Gasteiger partial charge in [-0.15, -0.1) is 24.8 Å². The molecule has 0 radical (unpaired) electrons. The number of nitrogens with zero attached hydrogens (tertiary/aromatic N) is 2. The predicted molar refractivity (Wildman–Crippen MR) is 112 cm³/mol. The van der Waals surface area contributed by atoms with E-state index >= 15 is 0 Å². The van der Waals surface area contributed by atoms with E-state index in [1.54, 1.807) is 20.3 Å². The van der Waals surface area contributed by atoms with E-state index in [0.29, 0.717) is 31.0 Å². The minimum absolute atomic E-state index is 0. The average molecular weight is 432 g/mol. The summed E-state index contributed by atoms with van der Waals surface area (Å²) >= 11 is 0. The molecule has 0 unspecified atom stereocenters. The second kappa shape index (κ2) is 11.2. The molecule has 0 aliphatic carbocycles. The van der Waals surface area contributed by atoms with Gasteiger partial charge in [-0.05, 0) is 24.3 Å². The van der Waals surface area contributed by atoms with Crippen molar-refractivity contribution in [1.29, 1.82) is 0 Å². The number of amides is 1. The Bertz CT molecular complexity index is 761. The highest BCUT2D eigenvalue weighted by molar-refractivity contribution is 5.94. The summed E-state index contributed by atoms with van der Waals surface area (Å²) in [5, 5.41) is 0. The van der Waals surface area contributed by atoms with Gasteiger partial charge in [0.15, 0.2) is 0 Å². The summed E-state index contributed by atoms with van der Waals surface area (Å²) < 4.78 is 16.0. The van der Waals surface area contributed by atoms with Crippen molar-refractivity contribution in [2.45, 2.75) is 13.1 Å². The van der Waals surface area contributed by atoms with Crippen LogP contribution in [0.15, 0.2) is 34.9 Å². The van der Waals surface area contributed by atoms with Gasteiger partial charge in [0.25, 0.3) is 5.91 Å². The molecular formula is C19H27Cl2N3O4. The maximum atomic E-state index is 12.5. The molecule has 28 heavy (non-hydrogen) atoms. The summed E-state index contributed by atoms with van der Waals surface area (Å²) in [6.45, 7) is 4.00. The largest absolute Gasteiger partial charge is 0.497 e.